The summed E-state index contributed by atoms with van der Waals surface area (Å²) >= 11 is 1.20. The van der Waals surface area contributed by atoms with E-state index in [2.05, 4.69) is 15.5 Å². The molecule has 0 aliphatic heterocycles. The fourth-order valence-electron chi connectivity index (χ4n) is 3.32. The molecule has 0 aliphatic carbocycles. The van der Waals surface area contributed by atoms with Gasteiger partial charge in [-0.15, -0.1) is 10.2 Å². The number of hydrogen-bond acceptors (Lipinski definition) is 7. The van der Waals surface area contributed by atoms with E-state index in [-0.39, 0.29) is 11.6 Å². The number of aromatic nitrogens is 4. The number of halogens is 1. The summed E-state index contributed by atoms with van der Waals surface area (Å²) in [5.41, 5.74) is 0.710. The molecule has 0 radical (unpaired) electrons. The van der Waals surface area contributed by atoms with Gasteiger partial charge in [0.2, 0.25) is 11.6 Å². The third-order valence-electron chi connectivity index (χ3n) is 5.12. The minimum absolute atomic E-state index is 0.0985. The molecule has 11 heteroatoms. The summed E-state index contributed by atoms with van der Waals surface area (Å²) in [6, 6.07) is 10.7. The lowest BCUT2D eigenvalue weighted by molar-refractivity contribution is -0.115. The summed E-state index contributed by atoms with van der Waals surface area (Å²) in [7, 11) is 3.06. The Bertz CT molecular complexity index is 1390. The molecule has 2 heterocycles. The van der Waals surface area contributed by atoms with Crippen molar-refractivity contribution in [3.63, 3.8) is 0 Å². The third-order valence-corrected chi connectivity index (χ3v) is 6.44. The van der Waals surface area contributed by atoms with Crippen LogP contribution in [0.2, 0.25) is 0 Å². The largest absolute Gasteiger partial charge is 0.497 e. The Hall–Kier alpha value is -3.86. The van der Waals surface area contributed by atoms with Gasteiger partial charge in [0.15, 0.2) is 5.16 Å². The number of carbonyl (C=O) groups excluding carboxylic acids is 1. The molecule has 1 atom stereocenters. The van der Waals surface area contributed by atoms with E-state index in [0.717, 1.165) is 0 Å². The van der Waals surface area contributed by atoms with Gasteiger partial charge in [0.1, 0.15) is 17.3 Å². The molecule has 0 aliphatic rings. The average molecular weight is 484 g/mol. The van der Waals surface area contributed by atoms with Gasteiger partial charge in [0.05, 0.1) is 25.2 Å². The molecule has 2 aromatic heterocycles. The van der Waals surface area contributed by atoms with Crippen molar-refractivity contribution >= 4 is 29.0 Å². The van der Waals surface area contributed by atoms with Crippen LogP contribution in [0.15, 0.2) is 64.8 Å². The molecule has 4 aromatic rings. The zero-order chi connectivity index (χ0) is 24.2. The van der Waals surface area contributed by atoms with E-state index in [0.29, 0.717) is 34.5 Å². The van der Waals surface area contributed by atoms with Gasteiger partial charge in [-0.25, -0.2) is 4.39 Å². The van der Waals surface area contributed by atoms with Crippen molar-refractivity contribution in [2.75, 3.05) is 19.5 Å². The zero-order valence-corrected chi connectivity index (χ0v) is 19.5. The highest BCUT2D eigenvalue weighted by molar-refractivity contribution is 8.00. The zero-order valence-electron chi connectivity index (χ0n) is 18.7. The molecule has 176 valence electrons. The standard InChI is InChI=1S/C23H22FN5O4S/c1-4-19(21(30)25-17-10-9-16(32-2)13-18(17)33-3)34-23-27-26-20-22(31)28(11-12-29(20)23)15-7-5-14(24)6-8-15/h5-13,19H,4H2,1-3H3,(H,25,30). The second-order valence-electron chi connectivity index (χ2n) is 7.20. The van der Waals surface area contributed by atoms with Crippen LogP contribution in [0.25, 0.3) is 11.3 Å². The second-order valence-corrected chi connectivity index (χ2v) is 8.37. The first-order valence-electron chi connectivity index (χ1n) is 10.4. The Morgan fingerprint density at radius 3 is 2.56 bits per heavy atom. The number of amides is 1. The normalized spacial score (nSPS) is 11.9. The maximum Gasteiger partial charge on any atom is 0.300 e. The monoisotopic (exact) mass is 483 g/mol. The number of thioether (sulfide) groups is 1. The molecule has 9 nitrogen and oxygen atoms in total. The van der Waals surface area contributed by atoms with E-state index >= 15 is 0 Å². The lowest BCUT2D eigenvalue weighted by Gasteiger charge is -2.16. The molecule has 34 heavy (non-hydrogen) atoms. The van der Waals surface area contributed by atoms with E-state index < -0.39 is 16.6 Å². The molecule has 1 N–H and O–H groups in total. The van der Waals surface area contributed by atoms with Crippen LogP contribution in [0.1, 0.15) is 13.3 Å². The van der Waals surface area contributed by atoms with Crippen molar-refractivity contribution in [2.45, 2.75) is 23.8 Å². The van der Waals surface area contributed by atoms with Crippen molar-refractivity contribution in [2.24, 2.45) is 0 Å². The highest BCUT2D eigenvalue weighted by atomic mass is 32.2. The van der Waals surface area contributed by atoms with E-state index in [9.17, 15) is 14.0 Å². The van der Waals surface area contributed by atoms with Crippen LogP contribution in [-0.4, -0.2) is 44.5 Å². The van der Waals surface area contributed by atoms with Crippen LogP contribution in [0.5, 0.6) is 11.5 Å². The molecular formula is C23H22FN5O4S. The van der Waals surface area contributed by atoms with Crippen LogP contribution in [0, 0.1) is 5.82 Å². The van der Waals surface area contributed by atoms with Gasteiger partial charge < -0.3 is 14.8 Å². The van der Waals surface area contributed by atoms with Crippen LogP contribution in [0.3, 0.4) is 0 Å². The molecule has 1 unspecified atom stereocenters. The average Bonchev–Trinajstić information content (AvgIpc) is 3.27. The van der Waals surface area contributed by atoms with Crippen molar-refractivity contribution < 1.29 is 18.7 Å². The highest BCUT2D eigenvalue weighted by Gasteiger charge is 2.23. The molecular weight excluding hydrogens is 461 g/mol. The van der Waals surface area contributed by atoms with Crippen molar-refractivity contribution in [1.29, 1.82) is 0 Å². The van der Waals surface area contributed by atoms with Crippen molar-refractivity contribution in [1.82, 2.24) is 19.2 Å². The van der Waals surface area contributed by atoms with E-state index in [1.165, 1.54) is 52.1 Å². The molecule has 0 fully saturated rings. The number of hydrogen-bond donors (Lipinski definition) is 1. The molecule has 0 saturated heterocycles. The lowest BCUT2D eigenvalue weighted by Crippen LogP contribution is -2.25. The van der Waals surface area contributed by atoms with Gasteiger partial charge in [-0.05, 0) is 42.8 Å². The predicted octanol–water partition coefficient (Wildman–Crippen LogP) is 3.55. The smallest absolute Gasteiger partial charge is 0.300 e. The molecule has 4 rings (SSSR count). The maximum absolute atomic E-state index is 13.2. The van der Waals surface area contributed by atoms with Gasteiger partial charge in [0.25, 0.3) is 0 Å². The molecule has 2 aromatic carbocycles. The summed E-state index contributed by atoms with van der Waals surface area (Å²) in [5.74, 6) is 0.446. The number of anilines is 1. The number of ether oxygens (including phenoxy) is 2. The Labute approximate surface area is 198 Å². The van der Waals surface area contributed by atoms with Crippen molar-refractivity contribution in [3.05, 3.63) is 71.0 Å². The van der Waals surface area contributed by atoms with Crippen LogP contribution in [-0.2, 0) is 4.79 Å². The summed E-state index contributed by atoms with van der Waals surface area (Å²) in [5, 5.41) is 10.9. The fourth-order valence-corrected chi connectivity index (χ4v) is 4.25. The maximum atomic E-state index is 13.2. The second kappa shape index (κ2) is 9.96. The highest BCUT2D eigenvalue weighted by Crippen LogP contribution is 2.31. The molecule has 0 saturated carbocycles. The minimum atomic E-state index is -0.501. The van der Waals surface area contributed by atoms with Gasteiger partial charge in [-0.2, -0.15) is 0 Å². The summed E-state index contributed by atoms with van der Waals surface area (Å²) in [6.45, 7) is 1.88. The Balaban J connectivity index is 1.57. The van der Waals surface area contributed by atoms with E-state index in [1.807, 2.05) is 6.92 Å². The topological polar surface area (TPSA) is 99.8 Å². The first-order valence-corrected chi connectivity index (χ1v) is 11.2. The van der Waals surface area contributed by atoms with Crippen LogP contribution < -0.4 is 20.3 Å². The number of nitrogens with one attached hydrogen (secondary N) is 1. The number of rotatable bonds is 8. The SMILES string of the molecule is CCC(Sc1nnc2c(=O)n(-c3ccc(F)cc3)ccn12)C(=O)Nc1ccc(OC)cc1OC. The molecule has 0 bridgehead atoms. The number of methoxy groups -OCH3 is 2. The van der Waals surface area contributed by atoms with Crippen LogP contribution in [0.4, 0.5) is 10.1 Å². The summed E-state index contributed by atoms with van der Waals surface area (Å²) < 4.78 is 26.7. The van der Waals surface area contributed by atoms with Crippen molar-refractivity contribution in [3.8, 4) is 17.2 Å². The quantitative estimate of drug-likeness (QED) is 0.383. The Kier molecular flexibility index (Phi) is 6.82. The Morgan fingerprint density at radius 2 is 1.88 bits per heavy atom. The third kappa shape index (κ3) is 4.60. The van der Waals surface area contributed by atoms with E-state index in [4.69, 9.17) is 9.47 Å². The minimum Gasteiger partial charge on any atom is -0.497 e. The van der Waals surface area contributed by atoms with Gasteiger partial charge >= 0.3 is 5.56 Å². The van der Waals surface area contributed by atoms with Crippen LogP contribution >= 0.6 is 11.8 Å². The number of carbonyl (C=O) groups is 1. The van der Waals surface area contributed by atoms with Gasteiger partial charge in [-0.1, -0.05) is 18.7 Å². The first kappa shape index (κ1) is 23.3. The summed E-state index contributed by atoms with van der Waals surface area (Å²) in [4.78, 5) is 25.9. The lowest BCUT2D eigenvalue weighted by atomic mass is 10.2. The fraction of sp³-hybridized carbons (Fsp3) is 0.217. The van der Waals surface area contributed by atoms with Gasteiger partial charge in [0, 0.05) is 24.1 Å². The predicted molar refractivity (Wildman–Crippen MR) is 127 cm³/mol. The number of nitrogens with zero attached hydrogens (tertiary/aromatic N) is 4. The number of benzene rings is 2. The number of fused-ring (bicyclic) bond motifs is 1. The van der Waals surface area contributed by atoms with Gasteiger partial charge in [-0.3, -0.25) is 18.6 Å². The first-order chi connectivity index (χ1) is 16.4. The Morgan fingerprint density at radius 1 is 1.12 bits per heavy atom. The molecule has 0 spiro atoms. The van der Waals surface area contributed by atoms with E-state index in [1.54, 1.807) is 37.7 Å². The summed E-state index contributed by atoms with van der Waals surface area (Å²) in [6.07, 6.45) is 3.70. The molecule has 1 amide bonds.